The molecule has 0 amide bonds. The Morgan fingerprint density at radius 2 is 2.25 bits per heavy atom. The van der Waals surface area contributed by atoms with Crippen molar-refractivity contribution in [2.45, 2.75) is 25.8 Å². The second kappa shape index (κ2) is 7.63. The number of aliphatic hydroxyl groups is 1. The van der Waals surface area contributed by atoms with Crippen LogP contribution in [0.5, 0.6) is 0 Å². The molecule has 0 saturated carbocycles. The number of hydrogen-bond acceptors (Lipinski definition) is 7. The van der Waals surface area contributed by atoms with Crippen LogP contribution in [0.1, 0.15) is 29.6 Å². The molecule has 7 nitrogen and oxygen atoms in total. The van der Waals surface area contributed by atoms with Gasteiger partial charge in [-0.15, -0.1) is 0 Å². The number of aryl methyl sites for hydroxylation is 1. The summed E-state index contributed by atoms with van der Waals surface area (Å²) < 4.78 is 11.1. The van der Waals surface area contributed by atoms with Crippen LogP contribution < -0.4 is 10.2 Å². The lowest BCUT2D eigenvalue weighted by Gasteiger charge is -2.20. The predicted molar refractivity (Wildman–Crippen MR) is 91.3 cm³/mol. The number of rotatable bonds is 7. The molecule has 7 heteroatoms. The van der Waals surface area contributed by atoms with E-state index in [2.05, 4.69) is 15.3 Å². The summed E-state index contributed by atoms with van der Waals surface area (Å²) in [6.07, 6.45) is 0.969. The van der Waals surface area contributed by atoms with Crippen LogP contribution in [0, 0.1) is 6.92 Å². The normalized spacial score (nSPS) is 17.2. The Balaban J connectivity index is 1.82. The average molecular weight is 332 g/mol. The van der Waals surface area contributed by atoms with Gasteiger partial charge in [0.15, 0.2) is 0 Å². The Morgan fingerprint density at radius 1 is 1.38 bits per heavy atom. The van der Waals surface area contributed by atoms with Crippen molar-refractivity contribution in [3.8, 4) is 0 Å². The first-order valence-electron chi connectivity index (χ1n) is 8.23. The topological polar surface area (TPSA) is 83.7 Å². The van der Waals surface area contributed by atoms with E-state index in [-0.39, 0.29) is 6.61 Å². The fourth-order valence-electron chi connectivity index (χ4n) is 2.76. The molecule has 1 fully saturated rings. The van der Waals surface area contributed by atoms with Crippen molar-refractivity contribution in [2.24, 2.45) is 0 Å². The fourth-order valence-corrected chi connectivity index (χ4v) is 2.76. The summed E-state index contributed by atoms with van der Waals surface area (Å²) in [6, 6.07) is 5.95. The van der Waals surface area contributed by atoms with Gasteiger partial charge in [-0.1, -0.05) is 0 Å². The van der Waals surface area contributed by atoms with Crippen molar-refractivity contribution < 1.29 is 14.3 Å². The molecule has 24 heavy (non-hydrogen) atoms. The minimum Gasteiger partial charge on any atom is -0.464 e. The number of nitrogens with one attached hydrogen (secondary N) is 1. The van der Waals surface area contributed by atoms with Gasteiger partial charge in [0, 0.05) is 32.2 Å². The van der Waals surface area contributed by atoms with E-state index >= 15 is 0 Å². The van der Waals surface area contributed by atoms with Crippen LogP contribution in [0.2, 0.25) is 0 Å². The molecule has 2 N–H and O–H groups in total. The number of nitrogens with zero attached hydrogens (tertiary/aromatic N) is 3. The molecule has 0 aliphatic carbocycles. The van der Waals surface area contributed by atoms with Crippen molar-refractivity contribution in [3.63, 3.8) is 0 Å². The third-order valence-corrected chi connectivity index (χ3v) is 4.06. The lowest BCUT2D eigenvalue weighted by molar-refractivity contribution is 0.193. The van der Waals surface area contributed by atoms with Crippen molar-refractivity contribution in [1.82, 2.24) is 9.97 Å². The molecule has 1 atom stereocenters. The Kier molecular flexibility index (Phi) is 5.32. The summed E-state index contributed by atoms with van der Waals surface area (Å²) in [4.78, 5) is 11.2. The van der Waals surface area contributed by atoms with E-state index < -0.39 is 0 Å². The third-order valence-electron chi connectivity index (χ3n) is 4.06. The van der Waals surface area contributed by atoms with Gasteiger partial charge in [-0.2, -0.15) is 4.98 Å². The molecule has 1 aliphatic rings. The van der Waals surface area contributed by atoms with E-state index in [1.165, 1.54) is 0 Å². The van der Waals surface area contributed by atoms with Crippen LogP contribution in [0.3, 0.4) is 0 Å². The van der Waals surface area contributed by atoms with Gasteiger partial charge in [-0.05, 0) is 25.5 Å². The SMILES string of the molecule is Cc1ccc(CN(C)c2cc([C@H]3CCOC3)nc(NCCO)n2)o1. The van der Waals surface area contributed by atoms with Gasteiger partial charge in [-0.3, -0.25) is 0 Å². The number of anilines is 2. The van der Waals surface area contributed by atoms with Gasteiger partial charge < -0.3 is 24.5 Å². The molecule has 1 saturated heterocycles. The number of furan rings is 1. The first kappa shape index (κ1) is 16.7. The zero-order valence-electron chi connectivity index (χ0n) is 14.2. The molecule has 0 aromatic carbocycles. The molecule has 0 unspecified atom stereocenters. The van der Waals surface area contributed by atoms with Crippen LogP contribution in [0.15, 0.2) is 22.6 Å². The lowest BCUT2D eigenvalue weighted by atomic mass is 10.0. The molecule has 3 heterocycles. The van der Waals surface area contributed by atoms with Crippen molar-refractivity contribution >= 4 is 11.8 Å². The molecule has 1 aliphatic heterocycles. The van der Waals surface area contributed by atoms with Crippen LogP contribution in [0.25, 0.3) is 0 Å². The van der Waals surface area contributed by atoms with Crippen LogP contribution in [0.4, 0.5) is 11.8 Å². The Labute approximate surface area is 141 Å². The average Bonchev–Trinajstić information content (AvgIpc) is 3.24. The maximum atomic E-state index is 9.02. The molecule has 2 aromatic heterocycles. The summed E-state index contributed by atoms with van der Waals surface area (Å²) in [6.45, 7) is 4.48. The van der Waals surface area contributed by atoms with Crippen molar-refractivity contribution in [2.75, 3.05) is 43.6 Å². The van der Waals surface area contributed by atoms with Gasteiger partial charge in [0.2, 0.25) is 5.95 Å². The van der Waals surface area contributed by atoms with E-state index in [9.17, 15) is 0 Å². The summed E-state index contributed by atoms with van der Waals surface area (Å²) in [5, 5.41) is 12.1. The highest BCUT2D eigenvalue weighted by Crippen LogP contribution is 2.27. The summed E-state index contributed by atoms with van der Waals surface area (Å²) in [7, 11) is 1.98. The highest BCUT2D eigenvalue weighted by Gasteiger charge is 2.21. The van der Waals surface area contributed by atoms with E-state index in [1.807, 2.05) is 37.1 Å². The van der Waals surface area contributed by atoms with Crippen molar-refractivity contribution in [1.29, 1.82) is 0 Å². The van der Waals surface area contributed by atoms with Crippen LogP contribution >= 0.6 is 0 Å². The second-order valence-electron chi connectivity index (χ2n) is 6.05. The molecule has 0 spiro atoms. The Morgan fingerprint density at radius 3 is 2.92 bits per heavy atom. The number of hydrogen-bond donors (Lipinski definition) is 2. The molecular weight excluding hydrogens is 308 g/mol. The molecule has 130 valence electrons. The van der Waals surface area contributed by atoms with Crippen LogP contribution in [-0.4, -0.2) is 48.5 Å². The summed E-state index contributed by atoms with van der Waals surface area (Å²) in [5.74, 6) is 3.44. The van der Waals surface area contributed by atoms with Gasteiger partial charge in [0.05, 0.1) is 25.5 Å². The first-order valence-corrected chi connectivity index (χ1v) is 8.23. The highest BCUT2D eigenvalue weighted by molar-refractivity contribution is 5.45. The zero-order valence-corrected chi connectivity index (χ0v) is 14.2. The van der Waals surface area contributed by atoms with E-state index in [4.69, 9.17) is 14.3 Å². The summed E-state index contributed by atoms with van der Waals surface area (Å²) >= 11 is 0. The van der Waals surface area contributed by atoms with Crippen molar-refractivity contribution in [3.05, 3.63) is 35.4 Å². The largest absolute Gasteiger partial charge is 0.464 e. The Bertz CT molecular complexity index is 668. The fraction of sp³-hybridized carbons (Fsp3) is 0.529. The smallest absolute Gasteiger partial charge is 0.224 e. The van der Waals surface area contributed by atoms with Gasteiger partial charge in [0.1, 0.15) is 17.3 Å². The molecular formula is C17H24N4O3. The number of aliphatic hydroxyl groups excluding tert-OH is 1. The standard InChI is InChI=1S/C17H24N4O3/c1-12-3-4-14(24-12)10-21(2)16-9-15(13-5-8-23-11-13)19-17(20-16)18-6-7-22/h3-4,9,13,22H,5-8,10-11H2,1-2H3,(H,18,19,20)/t13-/m0/s1. The number of aromatic nitrogens is 2. The highest BCUT2D eigenvalue weighted by atomic mass is 16.5. The van der Waals surface area contributed by atoms with E-state index in [0.29, 0.717) is 31.6 Å². The predicted octanol–water partition coefficient (Wildman–Crippen LogP) is 1.92. The molecule has 0 radical (unpaired) electrons. The Hall–Kier alpha value is -2.12. The minimum absolute atomic E-state index is 0.0387. The van der Waals surface area contributed by atoms with E-state index in [1.54, 1.807) is 0 Å². The second-order valence-corrected chi connectivity index (χ2v) is 6.05. The number of ether oxygens (including phenoxy) is 1. The van der Waals surface area contributed by atoms with E-state index in [0.717, 1.165) is 36.1 Å². The maximum Gasteiger partial charge on any atom is 0.224 e. The minimum atomic E-state index is 0.0387. The third kappa shape index (κ3) is 4.04. The molecule has 0 bridgehead atoms. The maximum absolute atomic E-state index is 9.02. The lowest BCUT2D eigenvalue weighted by Crippen LogP contribution is -2.20. The first-order chi connectivity index (χ1) is 11.7. The quantitative estimate of drug-likeness (QED) is 0.801. The van der Waals surface area contributed by atoms with Crippen LogP contribution in [-0.2, 0) is 11.3 Å². The molecule has 2 aromatic rings. The van der Waals surface area contributed by atoms with Gasteiger partial charge >= 0.3 is 0 Å². The summed E-state index contributed by atoms with van der Waals surface area (Å²) in [5.41, 5.74) is 0.973. The monoisotopic (exact) mass is 332 g/mol. The zero-order chi connectivity index (χ0) is 16.9. The van der Waals surface area contributed by atoms with Gasteiger partial charge in [0.25, 0.3) is 0 Å². The van der Waals surface area contributed by atoms with Gasteiger partial charge in [-0.25, -0.2) is 4.98 Å². The molecule has 3 rings (SSSR count).